The number of hydrogen-bond donors (Lipinski definition) is 2. The molecule has 2 unspecified atom stereocenters. The predicted octanol–water partition coefficient (Wildman–Crippen LogP) is 2.72. The summed E-state index contributed by atoms with van der Waals surface area (Å²) in [5.74, 6) is 0. The van der Waals surface area contributed by atoms with Gasteiger partial charge in [0, 0.05) is 32.7 Å². The van der Waals surface area contributed by atoms with Gasteiger partial charge in [0.05, 0.1) is 11.5 Å². The maximum atomic E-state index is 10.6. The maximum Gasteiger partial charge on any atom is 0.270 e. The highest BCUT2D eigenvalue weighted by Gasteiger charge is 2.17. The molecule has 5 nitrogen and oxygen atoms in total. The van der Waals surface area contributed by atoms with E-state index in [4.69, 9.17) is 0 Å². The third-order valence-electron chi connectivity index (χ3n) is 2.59. The van der Waals surface area contributed by atoms with Gasteiger partial charge in [-0.25, -0.2) is 0 Å². The molecule has 0 aliphatic heterocycles. The lowest BCUT2D eigenvalue weighted by molar-refractivity contribution is -0.384. The standard InChI is InChI=1S/C11H15IN2O3S/c1-7(11(6-15)18-2)13-10-4-3-8(14(16)17)5-9(10)12/h3-5,7,11,13,15H,6H2,1-2H3. The van der Waals surface area contributed by atoms with E-state index in [1.807, 2.05) is 13.2 Å². The molecular formula is C11H15IN2O3S. The van der Waals surface area contributed by atoms with Crippen molar-refractivity contribution in [3.8, 4) is 0 Å². The molecule has 2 N–H and O–H groups in total. The van der Waals surface area contributed by atoms with Crippen molar-refractivity contribution in [2.45, 2.75) is 18.2 Å². The van der Waals surface area contributed by atoms with Crippen LogP contribution >= 0.6 is 34.4 Å². The Bertz CT molecular complexity index is 427. The lowest BCUT2D eigenvalue weighted by atomic mass is 10.2. The smallest absolute Gasteiger partial charge is 0.270 e. The summed E-state index contributed by atoms with van der Waals surface area (Å²) in [6, 6.07) is 4.79. The maximum absolute atomic E-state index is 10.6. The summed E-state index contributed by atoms with van der Waals surface area (Å²) in [6.45, 7) is 2.08. The zero-order valence-electron chi connectivity index (χ0n) is 10.1. The number of aliphatic hydroxyl groups is 1. The van der Waals surface area contributed by atoms with Crippen LogP contribution in [0.5, 0.6) is 0 Å². The van der Waals surface area contributed by atoms with Crippen molar-refractivity contribution in [3.63, 3.8) is 0 Å². The van der Waals surface area contributed by atoms with Gasteiger partial charge in [0.2, 0.25) is 0 Å². The second-order valence-corrected chi connectivity index (χ2v) is 6.05. The Labute approximate surface area is 124 Å². The molecule has 2 atom stereocenters. The lowest BCUT2D eigenvalue weighted by Gasteiger charge is -2.23. The Morgan fingerprint density at radius 1 is 1.61 bits per heavy atom. The van der Waals surface area contributed by atoms with E-state index in [0.717, 1.165) is 9.26 Å². The molecule has 1 aromatic carbocycles. The molecule has 0 saturated heterocycles. The molecule has 1 rings (SSSR count). The van der Waals surface area contributed by atoms with E-state index >= 15 is 0 Å². The number of non-ortho nitro benzene ring substituents is 1. The van der Waals surface area contributed by atoms with Gasteiger partial charge in [0.1, 0.15) is 0 Å². The fraction of sp³-hybridized carbons (Fsp3) is 0.455. The summed E-state index contributed by atoms with van der Waals surface area (Å²) in [5, 5.41) is 23.2. The van der Waals surface area contributed by atoms with E-state index in [1.165, 1.54) is 12.1 Å². The van der Waals surface area contributed by atoms with Crippen LogP contribution in [0, 0.1) is 13.7 Å². The van der Waals surface area contributed by atoms with Crippen molar-refractivity contribution < 1.29 is 10.0 Å². The van der Waals surface area contributed by atoms with E-state index in [1.54, 1.807) is 17.8 Å². The molecular weight excluding hydrogens is 367 g/mol. The van der Waals surface area contributed by atoms with Gasteiger partial charge in [-0.3, -0.25) is 10.1 Å². The van der Waals surface area contributed by atoms with E-state index in [2.05, 4.69) is 27.9 Å². The van der Waals surface area contributed by atoms with Gasteiger partial charge < -0.3 is 10.4 Å². The Hall–Kier alpha value is -0.540. The van der Waals surface area contributed by atoms with E-state index in [-0.39, 0.29) is 23.6 Å². The van der Waals surface area contributed by atoms with Gasteiger partial charge in [0.15, 0.2) is 0 Å². The molecule has 1 aromatic rings. The highest BCUT2D eigenvalue weighted by molar-refractivity contribution is 14.1. The van der Waals surface area contributed by atoms with Crippen LogP contribution in [0.1, 0.15) is 6.92 Å². The van der Waals surface area contributed by atoms with Crippen molar-refractivity contribution >= 4 is 45.7 Å². The first-order valence-electron chi connectivity index (χ1n) is 5.33. The molecule has 0 aliphatic rings. The predicted molar refractivity (Wildman–Crippen MR) is 83.3 cm³/mol. The first-order valence-corrected chi connectivity index (χ1v) is 7.70. The van der Waals surface area contributed by atoms with Crippen LogP contribution in [-0.4, -0.2) is 34.2 Å². The molecule has 7 heteroatoms. The first-order chi connectivity index (χ1) is 8.49. The third kappa shape index (κ3) is 3.99. The molecule has 0 fully saturated rings. The quantitative estimate of drug-likeness (QED) is 0.450. The van der Waals surface area contributed by atoms with Crippen molar-refractivity contribution in [2.75, 3.05) is 18.2 Å². The number of anilines is 1. The van der Waals surface area contributed by atoms with Crippen LogP contribution in [0.4, 0.5) is 11.4 Å². The molecule has 0 spiro atoms. The molecule has 0 bridgehead atoms. The van der Waals surface area contributed by atoms with Crippen LogP contribution < -0.4 is 5.32 Å². The average Bonchev–Trinajstić information content (AvgIpc) is 2.33. The first kappa shape index (κ1) is 15.5. The van der Waals surface area contributed by atoms with Gasteiger partial charge in [0.25, 0.3) is 5.69 Å². The van der Waals surface area contributed by atoms with Crippen LogP contribution in [-0.2, 0) is 0 Å². The Morgan fingerprint density at radius 3 is 2.72 bits per heavy atom. The number of nitrogens with zero attached hydrogens (tertiary/aromatic N) is 1. The summed E-state index contributed by atoms with van der Waals surface area (Å²) in [4.78, 5) is 10.2. The Balaban J connectivity index is 2.82. The van der Waals surface area contributed by atoms with Gasteiger partial charge in [-0.2, -0.15) is 11.8 Å². The number of benzene rings is 1. The van der Waals surface area contributed by atoms with Gasteiger partial charge in [-0.1, -0.05) is 0 Å². The number of halogens is 1. The highest BCUT2D eigenvalue weighted by Crippen LogP contribution is 2.25. The van der Waals surface area contributed by atoms with Crippen molar-refractivity contribution in [2.24, 2.45) is 0 Å². The molecule has 18 heavy (non-hydrogen) atoms. The summed E-state index contributed by atoms with van der Waals surface area (Å²) in [5.41, 5.74) is 0.933. The topological polar surface area (TPSA) is 75.4 Å². The lowest BCUT2D eigenvalue weighted by Crippen LogP contribution is -2.31. The molecule has 0 saturated carbocycles. The van der Waals surface area contributed by atoms with Crippen LogP contribution in [0.3, 0.4) is 0 Å². The molecule has 0 amide bonds. The summed E-state index contributed by atoms with van der Waals surface area (Å²) < 4.78 is 0.798. The Morgan fingerprint density at radius 2 is 2.28 bits per heavy atom. The number of nitro benzene ring substituents is 1. The number of nitrogens with one attached hydrogen (secondary N) is 1. The van der Waals surface area contributed by atoms with Crippen molar-refractivity contribution in [3.05, 3.63) is 31.9 Å². The number of aliphatic hydroxyl groups excluding tert-OH is 1. The number of rotatable bonds is 6. The van der Waals surface area contributed by atoms with Gasteiger partial charge in [-0.05, 0) is 41.8 Å². The average molecular weight is 382 g/mol. The number of hydrogen-bond acceptors (Lipinski definition) is 5. The summed E-state index contributed by atoms with van der Waals surface area (Å²) >= 11 is 3.65. The van der Waals surface area contributed by atoms with E-state index in [9.17, 15) is 15.2 Å². The van der Waals surface area contributed by atoms with Crippen molar-refractivity contribution in [1.29, 1.82) is 0 Å². The molecule has 0 radical (unpaired) electrons. The number of nitro groups is 1. The summed E-state index contributed by atoms with van der Waals surface area (Å²) in [6.07, 6.45) is 1.94. The van der Waals surface area contributed by atoms with Crippen LogP contribution in [0.2, 0.25) is 0 Å². The highest BCUT2D eigenvalue weighted by atomic mass is 127. The SMILES string of the molecule is CSC(CO)C(C)Nc1ccc([N+](=O)[O-])cc1I. The second-order valence-electron chi connectivity index (χ2n) is 3.81. The van der Waals surface area contributed by atoms with E-state index in [0.29, 0.717) is 0 Å². The normalized spacial score (nSPS) is 14.0. The minimum Gasteiger partial charge on any atom is -0.395 e. The fourth-order valence-electron chi connectivity index (χ4n) is 1.51. The summed E-state index contributed by atoms with van der Waals surface area (Å²) in [7, 11) is 0. The largest absolute Gasteiger partial charge is 0.395 e. The van der Waals surface area contributed by atoms with Crippen LogP contribution in [0.15, 0.2) is 18.2 Å². The van der Waals surface area contributed by atoms with Crippen molar-refractivity contribution in [1.82, 2.24) is 0 Å². The zero-order chi connectivity index (χ0) is 13.7. The Kier molecular flexibility index (Phi) is 6.16. The fourth-order valence-corrected chi connectivity index (χ4v) is 2.79. The minimum atomic E-state index is -0.409. The molecule has 100 valence electrons. The van der Waals surface area contributed by atoms with E-state index < -0.39 is 4.92 Å². The third-order valence-corrected chi connectivity index (χ3v) is 4.64. The molecule has 0 aromatic heterocycles. The van der Waals surface area contributed by atoms with Gasteiger partial charge >= 0.3 is 0 Å². The second kappa shape index (κ2) is 7.15. The van der Waals surface area contributed by atoms with Gasteiger partial charge in [-0.15, -0.1) is 0 Å². The van der Waals surface area contributed by atoms with Crippen LogP contribution in [0.25, 0.3) is 0 Å². The number of thioether (sulfide) groups is 1. The monoisotopic (exact) mass is 382 g/mol. The zero-order valence-corrected chi connectivity index (χ0v) is 13.1. The minimum absolute atomic E-state index is 0.0833. The molecule has 0 heterocycles. The molecule has 0 aliphatic carbocycles.